The quantitative estimate of drug-likeness (QED) is 0.156. The highest BCUT2D eigenvalue weighted by molar-refractivity contribution is 5.95. The van der Waals surface area contributed by atoms with Gasteiger partial charge in [0, 0.05) is 26.1 Å². The lowest BCUT2D eigenvalue weighted by molar-refractivity contribution is -0.0937. The Morgan fingerprint density at radius 3 is 1.57 bits per heavy atom. The van der Waals surface area contributed by atoms with E-state index in [1.807, 2.05) is 0 Å². The Morgan fingerprint density at radius 2 is 1.11 bits per heavy atom. The minimum atomic E-state index is -1.30. The number of amides is 4. The number of carbonyl (C=O) groups is 2. The number of aliphatic imine (C=N–C) groups is 2. The lowest BCUT2D eigenvalue weighted by Gasteiger charge is -2.44. The molecule has 1 fully saturated rings. The van der Waals surface area contributed by atoms with E-state index in [-0.39, 0.29) is 6.54 Å². The van der Waals surface area contributed by atoms with E-state index < -0.39 is 18.4 Å². The molecule has 1 aliphatic rings. The number of unbranched alkanes of at least 4 members (excludes halogenated alkanes) is 10. The van der Waals surface area contributed by atoms with Crippen LogP contribution in [0.25, 0.3) is 0 Å². The van der Waals surface area contributed by atoms with Crippen molar-refractivity contribution in [1.82, 2.24) is 14.7 Å². The monoisotopic (exact) mass is 490 g/mol. The molecule has 1 atom stereocenters. The van der Waals surface area contributed by atoms with Gasteiger partial charge in [-0.25, -0.2) is 34.1 Å². The molecule has 1 saturated heterocycles. The van der Waals surface area contributed by atoms with Gasteiger partial charge >= 0.3 is 12.1 Å². The second-order valence-corrected chi connectivity index (χ2v) is 8.55. The third-order valence-electron chi connectivity index (χ3n) is 5.90. The molecule has 0 aromatic rings. The largest absolute Gasteiger partial charge is 0.356 e. The summed E-state index contributed by atoms with van der Waals surface area (Å²) in [7, 11) is 0. The van der Waals surface area contributed by atoms with Gasteiger partial charge in [-0.15, -0.1) is 0 Å². The Bertz CT molecular complexity index is 773. The molecule has 1 unspecified atom stereocenters. The zero-order valence-electron chi connectivity index (χ0n) is 20.6. The van der Waals surface area contributed by atoms with Gasteiger partial charge in [0.15, 0.2) is 0 Å². The number of urea groups is 2. The lowest BCUT2D eigenvalue weighted by Crippen LogP contribution is -2.66. The molecule has 0 spiro atoms. The van der Waals surface area contributed by atoms with Gasteiger partial charge in [-0.05, 0) is 38.5 Å². The zero-order valence-corrected chi connectivity index (χ0v) is 20.6. The van der Waals surface area contributed by atoms with Gasteiger partial charge in [0.05, 0.1) is 19.2 Å². The molecule has 1 N–H and O–H groups in total. The van der Waals surface area contributed by atoms with Crippen LogP contribution >= 0.6 is 0 Å². The van der Waals surface area contributed by atoms with Crippen molar-refractivity contribution in [3.8, 4) is 6.07 Å². The zero-order chi connectivity index (χ0) is 25.7. The van der Waals surface area contributed by atoms with Gasteiger partial charge in [0.1, 0.15) is 0 Å². The van der Waals surface area contributed by atoms with E-state index in [0.717, 1.165) is 57.8 Å². The van der Waals surface area contributed by atoms with Gasteiger partial charge in [0.25, 0.3) is 0 Å². The highest BCUT2D eigenvalue weighted by atomic mass is 16.3. The van der Waals surface area contributed by atoms with Crippen LogP contribution in [-0.2, 0) is 9.59 Å². The number of nitriles is 1. The van der Waals surface area contributed by atoms with Gasteiger partial charge in [-0.2, -0.15) is 5.26 Å². The van der Waals surface area contributed by atoms with Crippen molar-refractivity contribution < 1.29 is 24.3 Å². The summed E-state index contributed by atoms with van der Waals surface area (Å²) in [5, 5.41) is 19.5. The first-order chi connectivity index (χ1) is 17.1. The number of hydrogen-bond donors (Lipinski definition) is 1. The maximum Gasteiger partial charge on any atom is 0.331 e. The summed E-state index contributed by atoms with van der Waals surface area (Å²) in [5.41, 5.74) is 0. The van der Waals surface area contributed by atoms with Gasteiger partial charge in [-0.1, -0.05) is 38.5 Å². The number of aliphatic hydroxyl groups is 1. The molecule has 11 nitrogen and oxygen atoms in total. The van der Waals surface area contributed by atoms with Crippen LogP contribution in [0.3, 0.4) is 0 Å². The molecule has 0 aromatic heterocycles. The predicted octanol–water partition coefficient (Wildman–Crippen LogP) is 3.69. The Morgan fingerprint density at radius 1 is 0.686 bits per heavy atom. The van der Waals surface area contributed by atoms with Gasteiger partial charge in [-0.3, -0.25) is 9.80 Å². The Kier molecular flexibility index (Phi) is 16.5. The fourth-order valence-electron chi connectivity index (χ4n) is 3.94. The van der Waals surface area contributed by atoms with E-state index in [1.165, 1.54) is 26.9 Å². The highest BCUT2D eigenvalue weighted by Gasteiger charge is 2.42. The van der Waals surface area contributed by atoms with Crippen LogP contribution in [-0.4, -0.2) is 83.1 Å². The molecule has 4 amide bonds. The highest BCUT2D eigenvalue weighted by Crippen LogP contribution is 2.21. The third-order valence-corrected chi connectivity index (χ3v) is 5.90. The van der Waals surface area contributed by atoms with Crippen molar-refractivity contribution in [3.05, 3.63) is 0 Å². The van der Waals surface area contributed by atoms with Crippen molar-refractivity contribution in [1.29, 1.82) is 5.26 Å². The SMILES string of the molecule is N#CCCCCCCN1C(=O)N(CCCCCCN=C=O)C(=O)N(CCCCCCN=C=O)C1O. The molecule has 0 radical (unpaired) electrons. The number of aliphatic hydroxyl groups excluding tert-OH is 1. The van der Waals surface area contributed by atoms with Crippen molar-refractivity contribution >= 4 is 24.2 Å². The standard InChI is InChI=1S/C24H38N6O5/c25-14-8-2-1-5-11-17-28-22(33)29(18-12-6-3-9-15-26-20-31)24(35)30(23(28)34)19-13-7-4-10-16-27-21-32/h22,33H,1-13,15-19H2. The first-order valence-corrected chi connectivity index (χ1v) is 12.6. The summed E-state index contributed by atoms with van der Waals surface area (Å²) < 4.78 is 0. The molecule has 194 valence electrons. The van der Waals surface area contributed by atoms with Crippen LogP contribution < -0.4 is 0 Å². The molecular formula is C24H38N6O5. The molecule has 1 aliphatic heterocycles. The average Bonchev–Trinajstić information content (AvgIpc) is 2.85. The van der Waals surface area contributed by atoms with Gasteiger partial charge in [0.2, 0.25) is 18.5 Å². The Hall–Kier alpha value is -3.05. The maximum absolute atomic E-state index is 13.0. The van der Waals surface area contributed by atoms with E-state index in [2.05, 4.69) is 16.1 Å². The topological polar surface area (TPSA) is 147 Å². The van der Waals surface area contributed by atoms with E-state index in [0.29, 0.717) is 51.9 Å². The number of carbonyl (C=O) groups excluding carboxylic acids is 4. The summed E-state index contributed by atoms with van der Waals surface area (Å²) >= 11 is 0. The number of isocyanates is 2. The lowest BCUT2D eigenvalue weighted by atomic mass is 10.1. The summed E-state index contributed by atoms with van der Waals surface area (Å²) in [4.78, 5) is 57.3. The molecule has 0 aromatic carbocycles. The normalized spacial score (nSPS) is 15.5. The van der Waals surface area contributed by atoms with Crippen LogP contribution in [0.5, 0.6) is 0 Å². The molecule has 11 heteroatoms. The van der Waals surface area contributed by atoms with Crippen molar-refractivity contribution in [2.24, 2.45) is 9.98 Å². The van der Waals surface area contributed by atoms with Crippen molar-refractivity contribution in [2.45, 2.75) is 89.8 Å². The first-order valence-electron chi connectivity index (χ1n) is 12.6. The third kappa shape index (κ3) is 11.8. The molecule has 0 bridgehead atoms. The molecule has 1 rings (SSSR count). The van der Waals surface area contributed by atoms with Crippen LogP contribution in [0.1, 0.15) is 83.5 Å². The Labute approximate surface area is 207 Å². The number of hydrogen-bond acceptors (Lipinski definition) is 8. The summed E-state index contributed by atoms with van der Waals surface area (Å²) in [6.07, 6.45) is 11.5. The molecular weight excluding hydrogens is 452 g/mol. The minimum Gasteiger partial charge on any atom is -0.356 e. The molecule has 0 aliphatic carbocycles. The van der Waals surface area contributed by atoms with Crippen LogP contribution in [0.2, 0.25) is 0 Å². The van der Waals surface area contributed by atoms with E-state index in [1.54, 1.807) is 0 Å². The molecule has 1 heterocycles. The van der Waals surface area contributed by atoms with E-state index >= 15 is 0 Å². The maximum atomic E-state index is 13.0. The minimum absolute atomic E-state index is 0.264. The van der Waals surface area contributed by atoms with E-state index in [9.17, 15) is 24.3 Å². The van der Waals surface area contributed by atoms with Crippen LogP contribution in [0.15, 0.2) is 9.98 Å². The first kappa shape index (κ1) is 30.0. The smallest absolute Gasteiger partial charge is 0.331 e. The summed E-state index contributed by atoms with van der Waals surface area (Å²) in [5.74, 6) is 0. The number of imide groups is 1. The summed E-state index contributed by atoms with van der Waals surface area (Å²) in [6, 6.07) is 1.15. The Balaban J connectivity index is 2.66. The second kappa shape index (κ2) is 19.3. The summed E-state index contributed by atoms with van der Waals surface area (Å²) in [6.45, 7) is 1.78. The average molecular weight is 491 g/mol. The molecule has 0 saturated carbocycles. The van der Waals surface area contributed by atoms with Gasteiger partial charge < -0.3 is 5.11 Å². The van der Waals surface area contributed by atoms with Crippen LogP contribution in [0.4, 0.5) is 9.59 Å². The number of rotatable bonds is 20. The predicted molar refractivity (Wildman–Crippen MR) is 129 cm³/mol. The fraction of sp³-hybridized carbons (Fsp3) is 0.792. The fourth-order valence-corrected chi connectivity index (χ4v) is 3.94. The van der Waals surface area contributed by atoms with Crippen LogP contribution in [0, 0.1) is 11.3 Å². The second-order valence-electron chi connectivity index (χ2n) is 8.55. The van der Waals surface area contributed by atoms with Crippen molar-refractivity contribution in [2.75, 3.05) is 32.7 Å². The molecule has 35 heavy (non-hydrogen) atoms. The van der Waals surface area contributed by atoms with E-state index in [4.69, 9.17) is 5.26 Å². The number of nitrogens with zero attached hydrogens (tertiary/aromatic N) is 6. The van der Waals surface area contributed by atoms with Crippen molar-refractivity contribution in [3.63, 3.8) is 0 Å².